The van der Waals surface area contributed by atoms with E-state index in [4.69, 9.17) is 21.1 Å². The lowest BCUT2D eigenvalue weighted by atomic mass is 10.1. The number of pyridine rings is 1. The van der Waals surface area contributed by atoms with Crippen molar-refractivity contribution in [1.82, 2.24) is 14.9 Å². The molecule has 1 aliphatic rings. The number of aromatic nitrogens is 2. The molecule has 0 saturated carbocycles. The van der Waals surface area contributed by atoms with Crippen LogP contribution >= 0.6 is 11.6 Å². The van der Waals surface area contributed by atoms with Crippen molar-refractivity contribution in [3.8, 4) is 11.5 Å². The molecule has 10 heteroatoms. The van der Waals surface area contributed by atoms with Crippen molar-refractivity contribution in [2.45, 2.75) is 25.4 Å². The number of Topliss-reactive ketones (excluding diaryl/α,β-unsaturated/α-hetero) is 1. The van der Waals surface area contributed by atoms with Gasteiger partial charge in [0, 0.05) is 38.3 Å². The molecule has 6 nitrogen and oxygen atoms in total. The van der Waals surface area contributed by atoms with E-state index in [1.165, 1.54) is 12.3 Å². The largest absolute Gasteiger partial charge is 0.455 e. The first kappa shape index (κ1) is 23.5. The van der Waals surface area contributed by atoms with Gasteiger partial charge in [-0.3, -0.25) is 9.69 Å². The van der Waals surface area contributed by atoms with E-state index in [1.54, 1.807) is 18.2 Å². The monoisotopic (exact) mass is 481 g/mol. The van der Waals surface area contributed by atoms with Gasteiger partial charge in [0.2, 0.25) is 0 Å². The molecular formula is C23H23ClF3N3O3. The normalized spacial score (nSPS) is 15.2. The minimum Gasteiger partial charge on any atom is -0.455 e. The zero-order valence-corrected chi connectivity index (χ0v) is 18.5. The van der Waals surface area contributed by atoms with Crippen molar-refractivity contribution in [3.63, 3.8) is 0 Å². The van der Waals surface area contributed by atoms with E-state index < -0.39 is 11.7 Å². The van der Waals surface area contributed by atoms with E-state index in [1.807, 2.05) is 0 Å². The molecule has 3 heterocycles. The molecule has 1 aliphatic heterocycles. The second-order valence-corrected chi connectivity index (χ2v) is 8.28. The van der Waals surface area contributed by atoms with Crippen LogP contribution in [0.1, 0.15) is 24.0 Å². The third-order valence-corrected chi connectivity index (χ3v) is 5.79. The Morgan fingerprint density at radius 1 is 1.21 bits per heavy atom. The van der Waals surface area contributed by atoms with Crippen LogP contribution in [0.3, 0.4) is 0 Å². The summed E-state index contributed by atoms with van der Waals surface area (Å²) in [6.07, 6.45) is -0.861. The molecule has 0 atom stereocenters. The van der Waals surface area contributed by atoms with Crippen LogP contribution in [-0.4, -0.2) is 53.5 Å². The number of ether oxygens (including phenoxy) is 2. The Balaban J connectivity index is 1.40. The van der Waals surface area contributed by atoms with E-state index in [2.05, 4.69) is 14.9 Å². The second kappa shape index (κ2) is 10.1. The van der Waals surface area contributed by atoms with Gasteiger partial charge in [0.1, 0.15) is 22.9 Å². The van der Waals surface area contributed by atoms with Crippen LogP contribution in [0.25, 0.3) is 11.0 Å². The van der Waals surface area contributed by atoms with Gasteiger partial charge in [-0.1, -0.05) is 17.7 Å². The fraction of sp³-hybridized carbons (Fsp3) is 0.391. The third-order valence-electron chi connectivity index (χ3n) is 5.49. The average molecular weight is 482 g/mol. The van der Waals surface area contributed by atoms with Crippen molar-refractivity contribution >= 4 is 28.4 Å². The van der Waals surface area contributed by atoms with Crippen molar-refractivity contribution in [2.24, 2.45) is 0 Å². The smallest absolute Gasteiger partial charge is 0.418 e. The van der Waals surface area contributed by atoms with Crippen molar-refractivity contribution < 1.29 is 27.4 Å². The minimum absolute atomic E-state index is 0.0117. The molecule has 4 rings (SSSR count). The summed E-state index contributed by atoms with van der Waals surface area (Å²) in [6, 6.07) is 6.22. The number of alkyl halides is 3. The summed E-state index contributed by atoms with van der Waals surface area (Å²) >= 11 is 6.32. The number of nitrogens with zero attached hydrogens (tertiary/aromatic N) is 2. The van der Waals surface area contributed by atoms with Crippen molar-refractivity contribution in [2.75, 3.05) is 32.8 Å². The Morgan fingerprint density at radius 3 is 2.73 bits per heavy atom. The highest BCUT2D eigenvalue weighted by Crippen LogP contribution is 2.40. The fourth-order valence-corrected chi connectivity index (χ4v) is 4.07. The standard InChI is InChI=1S/C23H23ClF3N3O3/c24-18-13-15(12-16(31)2-1-7-30-8-10-32-11-9-30)3-4-19(18)33-20-5-6-28-22-21(20)17(14-29-22)23(25,26)27/h3-6,13-14H,1-2,7-12H2,(H,28,29). The lowest BCUT2D eigenvalue weighted by Gasteiger charge is -2.26. The maximum atomic E-state index is 13.3. The Labute approximate surface area is 193 Å². The van der Waals surface area contributed by atoms with E-state index in [-0.39, 0.29) is 39.8 Å². The summed E-state index contributed by atoms with van der Waals surface area (Å²) in [5.74, 6) is 0.287. The van der Waals surface area contributed by atoms with Gasteiger partial charge in [-0.05, 0) is 36.7 Å². The van der Waals surface area contributed by atoms with Crippen LogP contribution in [0.15, 0.2) is 36.7 Å². The number of rotatable bonds is 8. The number of morpholine rings is 1. The number of ketones is 1. The summed E-state index contributed by atoms with van der Waals surface area (Å²) in [5, 5.41) is 0.0447. The Morgan fingerprint density at radius 2 is 2.00 bits per heavy atom. The van der Waals surface area contributed by atoms with Crippen LogP contribution in [0.4, 0.5) is 13.2 Å². The highest BCUT2D eigenvalue weighted by molar-refractivity contribution is 6.32. The van der Waals surface area contributed by atoms with Gasteiger partial charge in [-0.15, -0.1) is 0 Å². The molecule has 0 bridgehead atoms. The molecule has 0 unspecified atom stereocenters. The molecule has 0 aliphatic carbocycles. The molecule has 1 aromatic carbocycles. The molecule has 176 valence electrons. The number of hydrogen-bond donors (Lipinski definition) is 1. The topological polar surface area (TPSA) is 67.5 Å². The molecule has 3 aromatic rings. The first-order valence-corrected chi connectivity index (χ1v) is 11.0. The zero-order chi connectivity index (χ0) is 23.4. The number of hydrogen-bond acceptors (Lipinski definition) is 5. The summed E-state index contributed by atoms with van der Waals surface area (Å²) in [5.41, 5.74) is -0.0764. The van der Waals surface area contributed by atoms with E-state index in [0.717, 1.165) is 51.0 Å². The highest BCUT2D eigenvalue weighted by Gasteiger charge is 2.35. The number of fused-ring (bicyclic) bond motifs is 1. The predicted molar refractivity (Wildman–Crippen MR) is 118 cm³/mol. The molecule has 1 N–H and O–H groups in total. The number of benzene rings is 1. The van der Waals surface area contributed by atoms with Gasteiger partial charge in [0.05, 0.1) is 29.2 Å². The van der Waals surface area contributed by atoms with Crippen LogP contribution in [0.5, 0.6) is 11.5 Å². The lowest BCUT2D eigenvalue weighted by Crippen LogP contribution is -2.37. The Kier molecular flexibility index (Phi) is 7.21. The maximum Gasteiger partial charge on any atom is 0.418 e. The minimum atomic E-state index is -4.56. The highest BCUT2D eigenvalue weighted by atomic mass is 35.5. The van der Waals surface area contributed by atoms with Crippen LogP contribution in [0, 0.1) is 0 Å². The summed E-state index contributed by atoms with van der Waals surface area (Å²) in [6.45, 7) is 4.10. The number of aromatic amines is 1. The third kappa shape index (κ3) is 5.85. The molecular weight excluding hydrogens is 459 g/mol. The quantitative estimate of drug-likeness (QED) is 0.476. The number of carbonyl (C=O) groups excluding carboxylic acids is 1. The van der Waals surface area contributed by atoms with Crippen molar-refractivity contribution in [3.05, 3.63) is 52.8 Å². The van der Waals surface area contributed by atoms with Crippen molar-refractivity contribution in [1.29, 1.82) is 0 Å². The molecule has 1 fully saturated rings. The first-order valence-electron chi connectivity index (χ1n) is 10.6. The van der Waals surface area contributed by atoms with E-state index in [0.29, 0.717) is 6.42 Å². The summed E-state index contributed by atoms with van der Waals surface area (Å²) in [7, 11) is 0. The Hall–Kier alpha value is -2.62. The number of halogens is 4. The maximum absolute atomic E-state index is 13.3. The predicted octanol–water partition coefficient (Wildman–Crippen LogP) is 5.25. The average Bonchev–Trinajstić information content (AvgIpc) is 3.22. The number of carbonyl (C=O) groups is 1. The SMILES string of the molecule is O=C(CCCN1CCOCC1)Cc1ccc(Oc2ccnc3[nH]cc(C(F)(F)F)c23)c(Cl)c1. The fourth-order valence-electron chi connectivity index (χ4n) is 3.83. The van der Waals surface area contributed by atoms with Gasteiger partial charge < -0.3 is 14.5 Å². The van der Waals surface area contributed by atoms with Gasteiger partial charge >= 0.3 is 6.18 Å². The number of nitrogens with one attached hydrogen (secondary N) is 1. The van der Waals surface area contributed by atoms with Gasteiger partial charge in [0.25, 0.3) is 0 Å². The molecule has 0 amide bonds. The zero-order valence-electron chi connectivity index (χ0n) is 17.8. The molecule has 33 heavy (non-hydrogen) atoms. The molecule has 0 radical (unpaired) electrons. The lowest BCUT2D eigenvalue weighted by molar-refractivity contribution is -0.136. The molecule has 1 saturated heterocycles. The Bertz CT molecular complexity index is 1130. The molecule has 0 spiro atoms. The second-order valence-electron chi connectivity index (χ2n) is 7.87. The van der Waals surface area contributed by atoms with E-state index >= 15 is 0 Å². The van der Waals surface area contributed by atoms with Gasteiger partial charge in [0.15, 0.2) is 0 Å². The van der Waals surface area contributed by atoms with Gasteiger partial charge in [-0.2, -0.15) is 13.2 Å². The van der Waals surface area contributed by atoms with Crippen LogP contribution in [-0.2, 0) is 22.1 Å². The molecule has 2 aromatic heterocycles. The summed E-state index contributed by atoms with van der Waals surface area (Å²) in [4.78, 5) is 21.1. The summed E-state index contributed by atoms with van der Waals surface area (Å²) < 4.78 is 51.1. The van der Waals surface area contributed by atoms with E-state index in [9.17, 15) is 18.0 Å². The van der Waals surface area contributed by atoms with Crippen LogP contribution in [0.2, 0.25) is 5.02 Å². The number of H-pyrrole nitrogens is 1. The first-order chi connectivity index (χ1) is 15.8. The van der Waals surface area contributed by atoms with Crippen LogP contribution < -0.4 is 4.74 Å². The van der Waals surface area contributed by atoms with Gasteiger partial charge in [-0.25, -0.2) is 4.98 Å².